The van der Waals surface area contributed by atoms with Crippen molar-refractivity contribution in [3.05, 3.63) is 35.6 Å². The fourth-order valence-corrected chi connectivity index (χ4v) is 3.99. The zero-order valence-electron chi connectivity index (χ0n) is 18.2. The second-order valence-corrected chi connectivity index (χ2v) is 8.07. The number of aliphatic hydroxyl groups excluding tert-OH is 1. The number of β-amino-alcohol motifs (C(OH)–C–C–N with tert-alkyl or cyclic N) is 1. The third-order valence-corrected chi connectivity index (χ3v) is 5.63. The average molecular weight is 440 g/mol. The Hall–Kier alpha value is -1.62. The Bertz CT molecular complexity index is 672. The second kappa shape index (κ2) is 12.4. The van der Waals surface area contributed by atoms with Crippen molar-refractivity contribution in [2.24, 2.45) is 0 Å². The molecule has 1 N–H and O–H groups in total. The fourth-order valence-electron chi connectivity index (χ4n) is 3.99. The number of aliphatic hydroxyl groups is 1. The summed E-state index contributed by atoms with van der Waals surface area (Å²) in [7, 11) is 1.59. The van der Waals surface area contributed by atoms with E-state index < -0.39 is 6.10 Å². The first-order chi connectivity index (χ1) is 15.0. The van der Waals surface area contributed by atoms with Gasteiger partial charge in [0.15, 0.2) is 0 Å². The lowest BCUT2D eigenvalue weighted by Gasteiger charge is -2.37. The number of methoxy groups -OCH3 is 1. The summed E-state index contributed by atoms with van der Waals surface area (Å²) < 4.78 is 29.7. The number of rotatable bonds is 10. The van der Waals surface area contributed by atoms with Crippen LogP contribution in [0, 0.1) is 5.82 Å². The summed E-state index contributed by atoms with van der Waals surface area (Å²) in [4.78, 5) is 19.0. The molecule has 0 aliphatic carbocycles. The van der Waals surface area contributed by atoms with E-state index in [1.807, 2.05) is 0 Å². The van der Waals surface area contributed by atoms with E-state index in [0.29, 0.717) is 64.7 Å². The van der Waals surface area contributed by atoms with Gasteiger partial charge in [0, 0.05) is 65.0 Å². The van der Waals surface area contributed by atoms with Gasteiger partial charge in [-0.15, -0.1) is 0 Å². The summed E-state index contributed by atoms with van der Waals surface area (Å²) in [6, 6.07) is 5.56. The highest BCUT2D eigenvalue weighted by atomic mass is 19.1. The number of nitrogens with zero attached hydrogens (tertiary/aromatic N) is 3. The van der Waals surface area contributed by atoms with E-state index in [-0.39, 0.29) is 17.8 Å². The van der Waals surface area contributed by atoms with Gasteiger partial charge in [-0.05, 0) is 24.3 Å². The first kappa shape index (κ1) is 24.0. The molecule has 0 radical (unpaired) electrons. The summed E-state index contributed by atoms with van der Waals surface area (Å²) >= 11 is 0. The van der Waals surface area contributed by atoms with Crippen molar-refractivity contribution in [2.45, 2.75) is 12.2 Å². The van der Waals surface area contributed by atoms with Gasteiger partial charge in [0.25, 0.3) is 5.91 Å². The molecule has 9 heteroatoms. The number of ether oxygens (including phenoxy) is 3. The van der Waals surface area contributed by atoms with Gasteiger partial charge in [-0.2, -0.15) is 0 Å². The Morgan fingerprint density at radius 1 is 1.19 bits per heavy atom. The van der Waals surface area contributed by atoms with Gasteiger partial charge >= 0.3 is 0 Å². The van der Waals surface area contributed by atoms with E-state index in [4.69, 9.17) is 14.2 Å². The number of amides is 1. The minimum atomic E-state index is -0.442. The Labute approximate surface area is 183 Å². The van der Waals surface area contributed by atoms with Crippen molar-refractivity contribution in [3.63, 3.8) is 0 Å². The average Bonchev–Trinajstić information content (AvgIpc) is 2.77. The van der Waals surface area contributed by atoms with Crippen LogP contribution in [0.5, 0.6) is 0 Å². The lowest BCUT2D eigenvalue weighted by atomic mass is 10.1. The lowest BCUT2D eigenvalue weighted by Crippen LogP contribution is -2.52. The van der Waals surface area contributed by atoms with Crippen LogP contribution in [0.2, 0.25) is 0 Å². The van der Waals surface area contributed by atoms with E-state index in [1.165, 1.54) is 24.3 Å². The van der Waals surface area contributed by atoms with E-state index in [9.17, 15) is 14.3 Å². The molecule has 0 bridgehead atoms. The zero-order valence-corrected chi connectivity index (χ0v) is 18.2. The highest BCUT2D eigenvalue weighted by molar-refractivity contribution is 5.94. The SMILES string of the molecule is COCCN(C[C@@H]1CN(C[C@H](O)CN2CCOCC2)CCO1)C(=O)c1ccc(F)cc1. The molecule has 2 fully saturated rings. The van der Waals surface area contributed by atoms with Gasteiger partial charge in [0.2, 0.25) is 0 Å². The first-order valence-corrected chi connectivity index (χ1v) is 10.9. The van der Waals surface area contributed by atoms with Crippen LogP contribution < -0.4 is 0 Å². The Balaban J connectivity index is 1.52. The fraction of sp³-hybridized carbons (Fsp3) is 0.682. The van der Waals surface area contributed by atoms with Crippen molar-refractivity contribution in [1.29, 1.82) is 0 Å². The number of carbonyl (C=O) groups excluding carboxylic acids is 1. The van der Waals surface area contributed by atoms with Crippen LogP contribution in [0.1, 0.15) is 10.4 Å². The Morgan fingerprint density at radius 3 is 2.58 bits per heavy atom. The minimum Gasteiger partial charge on any atom is -0.390 e. The molecule has 174 valence electrons. The highest BCUT2D eigenvalue weighted by Crippen LogP contribution is 2.12. The van der Waals surface area contributed by atoms with Crippen molar-refractivity contribution >= 4 is 5.91 Å². The van der Waals surface area contributed by atoms with Crippen molar-refractivity contribution in [1.82, 2.24) is 14.7 Å². The monoisotopic (exact) mass is 439 g/mol. The summed E-state index contributed by atoms with van der Waals surface area (Å²) in [5, 5.41) is 10.5. The van der Waals surface area contributed by atoms with Crippen LogP contribution in [0.4, 0.5) is 4.39 Å². The number of halogens is 1. The molecule has 1 aromatic rings. The van der Waals surface area contributed by atoms with Gasteiger partial charge in [-0.25, -0.2) is 4.39 Å². The van der Waals surface area contributed by atoms with E-state index in [1.54, 1.807) is 12.0 Å². The minimum absolute atomic E-state index is 0.161. The maximum Gasteiger partial charge on any atom is 0.254 e. The molecule has 3 rings (SSSR count). The molecule has 0 spiro atoms. The highest BCUT2D eigenvalue weighted by Gasteiger charge is 2.27. The maximum atomic E-state index is 13.2. The van der Waals surface area contributed by atoms with Gasteiger partial charge < -0.3 is 24.2 Å². The Kier molecular flexibility index (Phi) is 9.63. The quantitative estimate of drug-likeness (QED) is 0.562. The van der Waals surface area contributed by atoms with Gasteiger partial charge in [0.05, 0.1) is 38.6 Å². The smallest absolute Gasteiger partial charge is 0.254 e. The standard InChI is InChI=1S/C22H34FN3O5/c1-29-10-9-26(22(28)18-2-4-19(23)5-3-18)17-21-16-25(8-13-31-21)15-20(27)14-24-6-11-30-12-7-24/h2-5,20-21,27H,6-17H2,1H3/t20-,21+/m1/s1. The number of hydrogen-bond donors (Lipinski definition) is 1. The molecule has 2 saturated heterocycles. The van der Waals surface area contributed by atoms with Crippen LogP contribution in [-0.4, -0.2) is 124 Å². The topological polar surface area (TPSA) is 74.7 Å². The van der Waals surface area contributed by atoms with Crippen LogP contribution in [0.3, 0.4) is 0 Å². The molecule has 8 nitrogen and oxygen atoms in total. The summed E-state index contributed by atoms with van der Waals surface area (Å²) in [6.07, 6.45) is -0.604. The van der Waals surface area contributed by atoms with Crippen molar-refractivity contribution in [3.8, 4) is 0 Å². The van der Waals surface area contributed by atoms with Gasteiger partial charge in [0.1, 0.15) is 5.82 Å². The molecule has 2 atom stereocenters. The third-order valence-electron chi connectivity index (χ3n) is 5.63. The molecule has 2 aliphatic heterocycles. The molecule has 0 saturated carbocycles. The summed E-state index contributed by atoms with van der Waals surface area (Å²) in [6.45, 7) is 7.51. The molecule has 1 amide bonds. The van der Waals surface area contributed by atoms with E-state index in [2.05, 4.69) is 9.80 Å². The predicted molar refractivity (Wildman–Crippen MR) is 114 cm³/mol. The molecular weight excluding hydrogens is 405 g/mol. The van der Waals surface area contributed by atoms with E-state index >= 15 is 0 Å². The van der Waals surface area contributed by atoms with Gasteiger partial charge in [-0.3, -0.25) is 14.6 Å². The molecule has 31 heavy (non-hydrogen) atoms. The largest absolute Gasteiger partial charge is 0.390 e. The molecule has 0 unspecified atom stereocenters. The molecule has 0 aromatic heterocycles. The van der Waals surface area contributed by atoms with Crippen molar-refractivity contribution < 1.29 is 28.5 Å². The number of morpholine rings is 2. The van der Waals surface area contributed by atoms with Crippen LogP contribution >= 0.6 is 0 Å². The summed E-state index contributed by atoms with van der Waals surface area (Å²) in [5.41, 5.74) is 0.436. The third kappa shape index (κ3) is 7.78. The normalized spacial score (nSPS) is 21.7. The molecule has 2 aliphatic rings. The van der Waals surface area contributed by atoms with Crippen molar-refractivity contribution in [2.75, 3.05) is 85.9 Å². The summed E-state index contributed by atoms with van der Waals surface area (Å²) in [5.74, 6) is -0.549. The predicted octanol–water partition coefficient (Wildman–Crippen LogP) is 0.308. The maximum absolute atomic E-state index is 13.2. The molecular formula is C22H34FN3O5. The number of benzene rings is 1. The second-order valence-electron chi connectivity index (χ2n) is 8.07. The van der Waals surface area contributed by atoms with Gasteiger partial charge in [-0.1, -0.05) is 0 Å². The molecule has 2 heterocycles. The first-order valence-electron chi connectivity index (χ1n) is 10.9. The number of carbonyl (C=O) groups is 1. The zero-order chi connectivity index (χ0) is 22.1. The Morgan fingerprint density at radius 2 is 1.87 bits per heavy atom. The van der Waals surface area contributed by atoms with E-state index in [0.717, 1.165) is 19.6 Å². The number of hydrogen-bond acceptors (Lipinski definition) is 7. The lowest BCUT2D eigenvalue weighted by molar-refractivity contribution is -0.0564. The van der Waals surface area contributed by atoms with Crippen LogP contribution in [0.25, 0.3) is 0 Å². The van der Waals surface area contributed by atoms with Crippen LogP contribution in [-0.2, 0) is 14.2 Å². The molecule has 1 aromatic carbocycles. The van der Waals surface area contributed by atoms with Crippen LogP contribution in [0.15, 0.2) is 24.3 Å².